The number of carbonyl (C=O) groups excluding carboxylic acids is 1. The molecule has 0 fully saturated rings. The average molecular weight is 214 g/mol. The van der Waals surface area contributed by atoms with Crippen LogP contribution in [0.15, 0.2) is 54.1 Å². The molecule has 1 heteroatoms. The van der Waals surface area contributed by atoms with Gasteiger partial charge in [0.2, 0.25) is 0 Å². The minimum Gasteiger partial charge on any atom is -0.294 e. The fourth-order valence-electron chi connectivity index (χ4n) is 1.58. The van der Waals surface area contributed by atoms with E-state index in [2.05, 4.69) is 12.1 Å². The van der Waals surface area contributed by atoms with E-state index in [1.165, 1.54) is 5.56 Å². The van der Waals surface area contributed by atoms with Crippen molar-refractivity contribution in [3.8, 4) is 0 Å². The molecule has 1 rings (SSSR count). The van der Waals surface area contributed by atoms with Gasteiger partial charge in [-0.05, 0) is 25.8 Å². The molecule has 0 amide bonds. The number of rotatable bonds is 5. The summed E-state index contributed by atoms with van der Waals surface area (Å²) in [6, 6.07) is 10.1. The van der Waals surface area contributed by atoms with Gasteiger partial charge in [0.15, 0.2) is 5.78 Å². The maximum atomic E-state index is 11.8. The molecule has 0 aliphatic heterocycles. The zero-order chi connectivity index (χ0) is 11.8. The highest BCUT2D eigenvalue weighted by atomic mass is 16.1. The Bertz CT molecular complexity index is 385. The lowest BCUT2D eigenvalue weighted by molar-refractivity contribution is -0.115. The first-order chi connectivity index (χ1) is 7.77. The van der Waals surface area contributed by atoms with Gasteiger partial charge >= 0.3 is 0 Å². The van der Waals surface area contributed by atoms with Crippen LogP contribution in [-0.2, 0) is 11.2 Å². The summed E-state index contributed by atoms with van der Waals surface area (Å²) in [5, 5.41) is 0. The number of aryl methyl sites for hydroxylation is 1. The summed E-state index contributed by atoms with van der Waals surface area (Å²) in [6.07, 6.45) is 7.03. The first-order valence-electron chi connectivity index (χ1n) is 5.64. The quantitative estimate of drug-likeness (QED) is 0.539. The average Bonchev–Trinajstić information content (AvgIpc) is 2.34. The van der Waals surface area contributed by atoms with Crippen LogP contribution < -0.4 is 0 Å². The highest BCUT2D eigenvalue weighted by Gasteiger charge is 2.05. The van der Waals surface area contributed by atoms with Crippen LogP contribution >= 0.6 is 0 Å². The van der Waals surface area contributed by atoms with E-state index in [0.717, 1.165) is 12.0 Å². The van der Waals surface area contributed by atoms with E-state index in [4.69, 9.17) is 0 Å². The molecule has 0 bridgehead atoms. The summed E-state index contributed by atoms with van der Waals surface area (Å²) in [5.74, 6) is 0.212. The van der Waals surface area contributed by atoms with Crippen LogP contribution in [0.5, 0.6) is 0 Å². The zero-order valence-electron chi connectivity index (χ0n) is 9.94. The molecule has 0 N–H and O–H groups in total. The summed E-state index contributed by atoms with van der Waals surface area (Å²) < 4.78 is 0. The lowest BCUT2D eigenvalue weighted by Crippen LogP contribution is -2.02. The Kier molecular flexibility index (Phi) is 5.27. The van der Waals surface area contributed by atoms with E-state index >= 15 is 0 Å². The summed E-state index contributed by atoms with van der Waals surface area (Å²) in [5.41, 5.74) is 2.02. The maximum absolute atomic E-state index is 11.8. The third kappa shape index (κ3) is 3.85. The van der Waals surface area contributed by atoms with Crippen LogP contribution in [0.4, 0.5) is 0 Å². The van der Waals surface area contributed by atoms with E-state index in [0.29, 0.717) is 6.42 Å². The third-order valence-electron chi connectivity index (χ3n) is 2.46. The maximum Gasteiger partial charge on any atom is 0.162 e. The van der Waals surface area contributed by atoms with Gasteiger partial charge in [-0.1, -0.05) is 48.6 Å². The number of hydrogen-bond acceptors (Lipinski definition) is 1. The van der Waals surface area contributed by atoms with Gasteiger partial charge in [-0.2, -0.15) is 0 Å². The minimum absolute atomic E-state index is 0.212. The van der Waals surface area contributed by atoms with Crippen molar-refractivity contribution >= 4 is 5.78 Å². The second kappa shape index (κ2) is 6.78. The van der Waals surface area contributed by atoms with Crippen molar-refractivity contribution in [3.63, 3.8) is 0 Å². The Morgan fingerprint density at radius 1 is 1.19 bits per heavy atom. The molecule has 0 aliphatic carbocycles. The summed E-state index contributed by atoms with van der Waals surface area (Å²) in [6.45, 7) is 3.82. The molecule has 16 heavy (non-hydrogen) atoms. The molecule has 1 aromatic carbocycles. The summed E-state index contributed by atoms with van der Waals surface area (Å²) in [4.78, 5) is 11.8. The smallest absolute Gasteiger partial charge is 0.162 e. The van der Waals surface area contributed by atoms with Gasteiger partial charge in [0, 0.05) is 12.0 Å². The minimum atomic E-state index is 0.212. The van der Waals surface area contributed by atoms with Gasteiger partial charge in [-0.3, -0.25) is 4.79 Å². The predicted octanol–water partition coefficient (Wildman–Crippen LogP) is 3.71. The molecule has 1 nitrogen and oxygen atoms in total. The molecule has 0 atom stereocenters. The second-order valence-corrected chi connectivity index (χ2v) is 3.65. The zero-order valence-corrected chi connectivity index (χ0v) is 9.94. The second-order valence-electron chi connectivity index (χ2n) is 3.65. The number of allylic oxidation sites excluding steroid dienone is 4. The Balaban J connectivity index is 2.53. The Hall–Kier alpha value is -1.63. The SMILES string of the molecule is C/C=C\C(=C/C)C(=O)CCc1ccccc1. The predicted molar refractivity (Wildman–Crippen MR) is 68.3 cm³/mol. The van der Waals surface area contributed by atoms with Crippen molar-refractivity contribution < 1.29 is 4.79 Å². The monoisotopic (exact) mass is 214 g/mol. The van der Waals surface area contributed by atoms with Crippen LogP contribution in [-0.4, -0.2) is 5.78 Å². The fraction of sp³-hybridized carbons (Fsp3) is 0.267. The molecular formula is C15H18O. The standard InChI is InChI=1S/C15H18O/c1-3-8-14(4-2)15(16)12-11-13-9-6-5-7-10-13/h3-10H,11-12H2,1-2H3/b8-3-,14-4+. The lowest BCUT2D eigenvalue weighted by Gasteiger charge is -2.01. The highest BCUT2D eigenvalue weighted by molar-refractivity contribution is 5.97. The number of carbonyl (C=O) groups is 1. The van der Waals surface area contributed by atoms with Crippen molar-refractivity contribution in [1.82, 2.24) is 0 Å². The van der Waals surface area contributed by atoms with Crippen LogP contribution in [0, 0.1) is 0 Å². The molecule has 0 unspecified atom stereocenters. The normalized spacial score (nSPS) is 12.0. The van der Waals surface area contributed by atoms with Gasteiger partial charge in [0.25, 0.3) is 0 Å². The Morgan fingerprint density at radius 3 is 2.44 bits per heavy atom. The van der Waals surface area contributed by atoms with Crippen molar-refractivity contribution in [2.45, 2.75) is 26.7 Å². The van der Waals surface area contributed by atoms with E-state index in [9.17, 15) is 4.79 Å². The molecule has 0 saturated heterocycles. The van der Waals surface area contributed by atoms with Gasteiger partial charge in [0.1, 0.15) is 0 Å². The number of ketones is 1. The third-order valence-corrected chi connectivity index (χ3v) is 2.46. The number of benzene rings is 1. The number of Topliss-reactive ketones (excluding diaryl/α,β-unsaturated/α-hetero) is 1. The van der Waals surface area contributed by atoms with E-state index in [-0.39, 0.29) is 5.78 Å². The molecule has 0 saturated carbocycles. The first kappa shape index (κ1) is 12.4. The molecule has 0 heterocycles. The van der Waals surface area contributed by atoms with Crippen LogP contribution in [0.25, 0.3) is 0 Å². The van der Waals surface area contributed by atoms with Crippen molar-refractivity contribution in [3.05, 3.63) is 59.7 Å². The molecule has 0 aromatic heterocycles. The largest absolute Gasteiger partial charge is 0.294 e. The van der Waals surface area contributed by atoms with E-state index < -0.39 is 0 Å². The summed E-state index contributed by atoms with van der Waals surface area (Å²) in [7, 11) is 0. The molecule has 1 aromatic rings. The first-order valence-corrected chi connectivity index (χ1v) is 5.64. The van der Waals surface area contributed by atoms with Crippen LogP contribution in [0.1, 0.15) is 25.8 Å². The highest BCUT2D eigenvalue weighted by Crippen LogP contribution is 2.08. The Labute approximate surface area is 97.5 Å². The van der Waals surface area contributed by atoms with E-state index in [1.807, 2.05) is 50.3 Å². The molecule has 0 radical (unpaired) electrons. The van der Waals surface area contributed by atoms with Gasteiger partial charge in [-0.25, -0.2) is 0 Å². The van der Waals surface area contributed by atoms with Gasteiger partial charge < -0.3 is 0 Å². The lowest BCUT2D eigenvalue weighted by atomic mass is 10.0. The fourth-order valence-corrected chi connectivity index (χ4v) is 1.58. The molecule has 0 aliphatic rings. The molecule has 0 spiro atoms. The van der Waals surface area contributed by atoms with Crippen LogP contribution in [0.3, 0.4) is 0 Å². The van der Waals surface area contributed by atoms with Crippen molar-refractivity contribution in [2.75, 3.05) is 0 Å². The van der Waals surface area contributed by atoms with Crippen LogP contribution in [0.2, 0.25) is 0 Å². The Morgan fingerprint density at radius 2 is 1.88 bits per heavy atom. The van der Waals surface area contributed by atoms with Gasteiger partial charge in [-0.15, -0.1) is 0 Å². The topological polar surface area (TPSA) is 17.1 Å². The van der Waals surface area contributed by atoms with Crippen molar-refractivity contribution in [2.24, 2.45) is 0 Å². The molecule has 84 valence electrons. The molecular weight excluding hydrogens is 196 g/mol. The van der Waals surface area contributed by atoms with Crippen molar-refractivity contribution in [1.29, 1.82) is 0 Å². The number of hydrogen-bond donors (Lipinski definition) is 0. The van der Waals surface area contributed by atoms with Gasteiger partial charge in [0.05, 0.1) is 0 Å². The van der Waals surface area contributed by atoms with E-state index in [1.54, 1.807) is 0 Å². The summed E-state index contributed by atoms with van der Waals surface area (Å²) >= 11 is 0.